The Morgan fingerprint density at radius 3 is 2.19 bits per heavy atom. The summed E-state index contributed by atoms with van der Waals surface area (Å²) in [6.45, 7) is 6.80. The zero-order chi connectivity index (χ0) is 19.4. The van der Waals surface area contributed by atoms with Crippen molar-refractivity contribution in [2.45, 2.75) is 45.5 Å². The van der Waals surface area contributed by atoms with E-state index in [9.17, 15) is 13.2 Å². The second-order valence-corrected chi connectivity index (χ2v) is 6.84. The lowest BCUT2D eigenvalue weighted by Gasteiger charge is -2.13. The minimum Gasteiger partial charge on any atom is -0.443 e. The van der Waals surface area contributed by atoms with E-state index in [2.05, 4.69) is 20.6 Å². The van der Waals surface area contributed by atoms with Crippen molar-refractivity contribution in [1.29, 1.82) is 0 Å². The number of nitrogens with zero attached hydrogens (tertiary/aromatic N) is 2. The van der Waals surface area contributed by atoms with E-state index in [0.29, 0.717) is 30.5 Å². The van der Waals surface area contributed by atoms with Gasteiger partial charge < -0.3 is 15.1 Å². The Morgan fingerprint density at radius 2 is 1.69 bits per heavy atom. The molecule has 0 saturated carbocycles. The summed E-state index contributed by atoms with van der Waals surface area (Å²) in [6.07, 6.45) is -2.62. The first-order valence-electron chi connectivity index (χ1n) is 8.15. The first-order chi connectivity index (χ1) is 12.1. The molecule has 26 heavy (non-hydrogen) atoms. The van der Waals surface area contributed by atoms with E-state index in [0.717, 1.165) is 17.9 Å². The van der Waals surface area contributed by atoms with Crippen LogP contribution < -0.4 is 10.6 Å². The summed E-state index contributed by atoms with van der Waals surface area (Å²) in [5, 5.41) is 6.10. The molecule has 0 radical (unpaired) electrons. The lowest BCUT2D eigenvalue weighted by Crippen LogP contribution is -2.36. The summed E-state index contributed by atoms with van der Waals surface area (Å²) in [7, 11) is 1.61. The predicted molar refractivity (Wildman–Crippen MR) is 93.7 cm³/mol. The molecule has 0 saturated heterocycles. The summed E-state index contributed by atoms with van der Waals surface area (Å²) in [6, 6.07) is 5.00. The molecule has 2 rings (SSSR count). The molecule has 0 fully saturated rings. The molecular weight excluding hydrogens is 345 g/mol. The molecule has 142 valence electrons. The van der Waals surface area contributed by atoms with E-state index >= 15 is 0 Å². The number of hydrogen-bond donors (Lipinski definition) is 2. The first-order valence-corrected chi connectivity index (χ1v) is 8.15. The second kappa shape index (κ2) is 7.80. The van der Waals surface area contributed by atoms with Gasteiger partial charge >= 0.3 is 6.18 Å². The lowest BCUT2D eigenvalue weighted by molar-refractivity contribution is -0.137. The van der Waals surface area contributed by atoms with Crippen molar-refractivity contribution in [3.63, 3.8) is 0 Å². The summed E-state index contributed by atoms with van der Waals surface area (Å²) in [5.41, 5.74) is -0.0669. The molecule has 8 heteroatoms. The van der Waals surface area contributed by atoms with Crippen LogP contribution in [-0.2, 0) is 24.7 Å². The van der Waals surface area contributed by atoms with Gasteiger partial charge in [0.15, 0.2) is 5.96 Å². The number of hydrogen-bond acceptors (Lipinski definition) is 3. The highest BCUT2D eigenvalue weighted by Crippen LogP contribution is 2.29. The van der Waals surface area contributed by atoms with Gasteiger partial charge in [0.25, 0.3) is 0 Å². The number of aliphatic imine (C=N–C) groups is 1. The number of rotatable bonds is 4. The molecule has 0 bridgehead atoms. The molecule has 0 spiro atoms. The maximum absolute atomic E-state index is 12.6. The molecule has 1 aromatic carbocycles. The van der Waals surface area contributed by atoms with Crippen molar-refractivity contribution in [3.8, 4) is 0 Å². The average molecular weight is 368 g/mol. The number of halogens is 3. The molecular formula is C18H23F3N4O. The number of alkyl halides is 3. The van der Waals surface area contributed by atoms with Crippen LogP contribution in [0.1, 0.15) is 43.5 Å². The largest absolute Gasteiger partial charge is 0.443 e. The fourth-order valence-corrected chi connectivity index (χ4v) is 2.12. The molecule has 0 atom stereocenters. The van der Waals surface area contributed by atoms with Gasteiger partial charge in [0, 0.05) is 19.0 Å². The minimum atomic E-state index is -4.33. The molecule has 5 nitrogen and oxygen atoms in total. The molecule has 0 aliphatic heterocycles. The van der Waals surface area contributed by atoms with Crippen molar-refractivity contribution in [1.82, 2.24) is 15.6 Å². The van der Waals surface area contributed by atoms with Gasteiger partial charge in [-0.15, -0.1) is 0 Å². The van der Waals surface area contributed by atoms with E-state index in [4.69, 9.17) is 4.42 Å². The third-order valence-corrected chi connectivity index (χ3v) is 3.66. The number of aromatic nitrogens is 1. The van der Waals surface area contributed by atoms with Gasteiger partial charge in [-0.1, -0.05) is 32.9 Å². The molecule has 1 aromatic heterocycles. The summed E-state index contributed by atoms with van der Waals surface area (Å²) in [5.74, 6) is 1.83. The fraction of sp³-hybridized carbons (Fsp3) is 0.444. The average Bonchev–Trinajstić information content (AvgIpc) is 3.04. The van der Waals surface area contributed by atoms with Crippen LogP contribution in [0.2, 0.25) is 0 Å². The highest BCUT2D eigenvalue weighted by Gasteiger charge is 2.29. The molecule has 0 aliphatic rings. The predicted octanol–water partition coefficient (Wildman–Crippen LogP) is 3.86. The fourth-order valence-electron chi connectivity index (χ4n) is 2.12. The van der Waals surface area contributed by atoms with Crippen molar-refractivity contribution < 1.29 is 17.6 Å². The Morgan fingerprint density at radius 1 is 1.08 bits per heavy atom. The van der Waals surface area contributed by atoms with Crippen LogP contribution in [0.3, 0.4) is 0 Å². The second-order valence-electron chi connectivity index (χ2n) is 6.84. The standard InChI is InChI=1S/C18H23F3N4O/c1-17(2,3)14-10-23-15(26-14)11-25-16(22-4)24-9-12-5-7-13(8-6-12)18(19,20)21/h5-8,10H,9,11H2,1-4H3,(H2,22,24,25). The monoisotopic (exact) mass is 368 g/mol. The molecule has 0 unspecified atom stereocenters. The van der Waals surface area contributed by atoms with Crippen molar-refractivity contribution in [2.75, 3.05) is 7.05 Å². The number of oxazole rings is 1. The Bertz CT molecular complexity index is 743. The van der Waals surface area contributed by atoms with Crippen molar-refractivity contribution in [2.24, 2.45) is 4.99 Å². The van der Waals surface area contributed by atoms with E-state index < -0.39 is 11.7 Å². The highest BCUT2D eigenvalue weighted by atomic mass is 19.4. The SMILES string of the molecule is CN=C(NCc1ccc(C(F)(F)F)cc1)NCc1ncc(C(C)(C)C)o1. The highest BCUT2D eigenvalue weighted by molar-refractivity contribution is 5.79. The maximum atomic E-state index is 12.6. The van der Waals surface area contributed by atoms with Gasteiger partial charge in [-0.3, -0.25) is 4.99 Å². The zero-order valence-corrected chi connectivity index (χ0v) is 15.2. The van der Waals surface area contributed by atoms with Crippen LogP contribution in [0.5, 0.6) is 0 Å². The molecule has 0 aliphatic carbocycles. The van der Waals surface area contributed by atoms with Crippen LogP contribution in [0.15, 0.2) is 39.9 Å². The van der Waals surface area contributed by atoms with Crippen molar-refractivity contribution >= 4 is 5.96 Å². The summed E-state index contributed by atoms with van der Waals surface area (Å²) in [4.78, 5) is 8.30. The molecule has 2 aromatic rings. The smallest absolute Gasteiger partial charge is 0.416 e. The van der Waals surface area contributed by atoms with Crippen molar-refractivity contribution in [3.05, 3.63) is 53.2 Å². The van der Waals surface area contributed by atoms with E-state index in [1.807, 2.05) is 20.8 Å². The van der Waals surface area contributed by atoms with Gasteiger partial charge in [0.2, 0.25) is 5.89 Å². The van der Waals surface area contributed by atoms with Gasteiger partial charge in [-0.25, -0.2) is 4.98 Å². The number of nitrogens with one attached hydrogen (secondary N) is 2. The van der Waals surface area contributed by atoms with E-state index in [1.165, 1.54) is 12.1 Å². The number of benzene rings is 1. The van der Waals surface area contributed by atoms with E-state index in [-0.39, 0.29) is 5.41 Å². The van der Waals surface area contributed by atoms with Crippen LogP contribution >= 0.6 is 0 Å². The number of guanidine groups is 1. The maximum Gasteiger partial charge on any atom is 0.416 e. The molecule has 1 heterocycles. The van der Waals surface area contributed by atoms with Crippen LogP contribution in [0.25, 0.3) is 0 Å². The minimum absolute atomic E-state index is 0.117. The topological polar surface area (TPSA) is 62.5 Å². The Hall–Kier alpha value is -2.51. The van der Waals surface area contributed by atoms with Crippen LogP contribution in [0.4, 0.5) is 13.2 Å². The summed E-state index contributed by atoms with van der Waals surface area (Å²) < 4.78 is 43.4. The first kappa shape index (κ1) is 19.8. The van der Waals surface area contributed by atoms with E-state index in [1.54, 1.807) is 13.2 Å². The Kier molecular flexibility index (Phi) is 5.94. The van der Waals surface area contributed by atoms with Gasteiger partial charge in [0.05, 0.1) is 18.3 Å². The Labute approximate surface area is 150 Å². The van der Waals surface area contributed by atoms with Gasteiger partial charge in [0.1, 0.15) is 5.76 Å². The quantitative estimate of drug-likeness (QED) is 0.636. The van der Waals surface area contributed by atoms with Gasteiger partial charge in [-0.05, 0) is 17.7 Å². The molecule has 0 amide bonds. The normalized spacial score (nSPS) is 13.0. The third-order valence-electron chi connectivity index (χ3n) is 3.66. The van der Waals surface area contributed by atoms with Crippen LogP contribution in [0, 0.1) is 0 Å². The van der Waals surface area contributed by atoms with Crippen LogP contribution in [-0.4, -0.2) is 18.0 Å². The Balaban J connectivity index is 1.87. The van der Waals surface area contributed by atoms with Gasteiger partial charge in [-0.2, -0.15) is 13.2 Å². The zero-order valence-electron chi connectivity index (χ0n) is 15.2. The third kappa shape index (κ3) is 5.50. The molecule has 2 N–H and O–H groups in total. The lowest BCUT2D eigenvalue weighted by atomic mass is 9.94. The summed E-state index contributed by atoms with van der Waals surface area (Å²) >= 11 is 0.